The Morgan fingerprint density at radius 3 is 1.50 bits per heavy atom. The Labute approximate surface area is 104 Å². The van der Waals surface area contributed by atoms with E-state index < -0.39 is 0 Å². The van der Waals surface area contributed by atoms with Gasteiger partial charge in [0.15, 0.2) is 0 Å². The highest BCUT2D eigenvalue weighted by Crippen LogP contribution is 2.20. The predicted octanol–water partition coefficient (Wildman–Crippen LogP) is 3.61. The molecule has 0 radical (unpaired) electrons. The first-order chi connectivity index (χ1) is 7.59. The summed E-state index contributed by atoms with van der Waals surface area (Å²) < 4.78 is 0. The number of hydrogen-bond donors (Lipinski definition) is 0. The molecule has 0 aliphatic rings. The van der Waals surface area contributed by atoms with Gasteiger partial charge in [0.1, 0.15) is 0 Å². The van der Waals surface area contributed by atoms with Gasteiger partial charge in [-0.15, -0.1) is 0 Å². The predicted molar refractivity (Wildman–Crippen MR) is 81.8 cm³/mol. The summed E-state index contributed by atoms with van der Waals surface area (Å²) in [7, 11) is 1.99. The maximum atomic E-state index is 2.32. The second kappa shape index (κ2) is 7.41. The van der Waals surface area contributed by atoms with Crippen molar-refractivity contribution in [2.45, 2.75) is 27.7 Å². The second-order valence-corrected chi connectivity index (χ2v) is 7.70. The van der Waals surface area contributed by atoms with Crippen LogP contribution >= 0.6 is 17.2 Å². The minimum absolute atomic E-state index is 0.819. The minimum atomic E-state index is 0.819. The summed E-state index contributed by atoms with van der Waals surface area (Å²) in [5.74, 6) is 1.64. The van der Waals surface area contributed by atoms with Crippen molar-refractivity contribution >= 4 is 27.8 Å². The maximum Gasteiger partial charge on any atom is -0.0197 e. The molecule has 2 atom stereocenters. The van der Waals surface area contributed by atoms with Crippen LogP contribution in [0.5, 0.6) is 0 Å². The lowest BCUT2D eigenvalue weighted by atomic mass is 10.3. The first kappa shape index (κ1) is 14.1. The first-order valence-corrected chi connectivity index (χ1v) is 8.57. The van der Waals surface area contributed by atoms with E-state index in [0.29, 0.717) is 0 Å². The van der Waals surface area contributed by atoms with Crippen LogP contribution in [0.3, 0.4) is 0 Å². The molecule has 0 spiro atoms. The number of rotatable bonds is 6. The topological polar surface area (TPSA) is 0 Å². The van der Waals surface area contributed by atoms with E-state index in [9.17, 15) is 0 Å². The summed E-state index contributed by atoms with van der Waals surface area (Å²) in [6.07, 6.45) is 2.67. The zero-order valence-corrected chi connectivity index (χ0v) is 12.9. The zero-order valence-electron chi connectivity index (χ0n) is 10.9. The second-order valence-electron chi connectivity index (χ2n) is 5.10. The van der Waals surface area contributed by atoms with Gasteiger partial charge in [0.05, 0.1) is 0 Å². The molecule has 0 amide bonds. The van der Waals surface area contributed by atoms with E-state index in [2.05, 4.69) is 52.0 Å². The molecule has 0 heterocycles. The molecular formula is C14H24P2. The van der Waals surface area contributed by atoms with Crippen molar-refractivity contribution in [2.75, 3.05) is 12.3 Å². The lowest BCUT2D eigenvalue weighted by Gasteiger charge is -2.12. The van der Waals surface area contributed by atoms with Gasteiger partial charge < -0.3 is 0 Å². The van der Waals surface area contributed by atoms with Crippen LogP contribution < -0.4 is 10.6 Å². The van der Waals surface area contributed by atoms with Crippen LogP contribution in [0.1, 0.15) is 27.7 Å². The SMILES string of the molecule is CC(C)CPc1ccccc1PCC(C)C. The Hall–Kier alpha value is 0.0800. The van der Waals surface area contributed by atoms with Gasteiger partial charge in [-0.1, -0.05) is 69.1 Å². The fourth-order valence-corrected chi connectivity index (χ4v) is 4.18. The van der Waals surface area contributed by atoms with Crippen molar-refractivity contribution < 1.29 is 0 Å². The van der Waals surface area contributed by atoms with E-state index in [1.165, 1.54) is 12.3 Å². The first-order valence-electron chi connectivity index (χ1n) is 6.16. The van der Waals surface area contributed by atoms with Crippen molar-refractivity contribution in [1.82, 2.24) is 0 Å². The fraction of sp³-hybridized carbons (Fsp3) is 0.571. The fourth-order valence-electron chi connectivity index (χ4n) is 1.42. The normalized spacial score (nSPS) is 12.9. The standard InChI is InChI=1S/C14H24P2/c1-11(2)9-15-13-7-5-6-8-14(13)16-10-12(3)4/h5-8,11-12,15-16H,9-10H2,1-4H3. The van der Waals surface area contributed by atoms with Crippen LogP contribution in [-0.4, -0.2) is 12.3 Å². The van der Waals surface area contributed by atoms with Crippen LogP contribution in [0.25, 0.3) is 0 Å². The van der Waals surface area contributed by atoms with Crippen molar-refractivity contribution in [3.05, 3.63) is 24.3 Å². The number of benzene rings is 1. The Morgan fingerprint density at radius 2 is 1.19 bits per heavy atom. The molecule has 1 rings (SSSR count). The lowest BCUT2D eigenvalue weighted by molar-refractivity contribution is 0.748. The Bertz CT molecular complexity index is 274. The van der Waals surface area contributed by atoms with E-state index in [4.69, 9.17) is 0 Å². The van der Waals surface area contributed by atoms with Gasteiger partial charge in [-0.05, 0) is 34.8 Å². The van der Waals surface area contributed by atoms with Gasteiger partial charge in [0.2, 0.25) is 0 Å². The molecule has 0 saturated heterocycles. The van der Waals surface area contributed by atoms with Crippen molar-refractivity contribution in [3.8, 4) is 0 Å². The third-order valence-electron chi connectivity index (χ3n) is 2.33. The Kier molecular flexibility index (Phi) is 6.55. The van der Waals surface area contributed by atoms with Crippen molar-refractivity contribution in [3.63, 3.8) is 0 Å². The Morgan fingerprint density at radius 1 is 0.812 bits per heavy atom. The largest absolute Gasteiger partial charge is 0.0895 e. The Balaban J connectivity index is 2.60. The monoisotopic (exact) mass is 254 g/mol. The third kappa shape index (κ3) is 5.42. The molecule has 0 bridgehead atoms. The van der Waals surface area contributed by atoms with Gasteiger partial charge in [-0.2, -0.15) is 0 Å². The van der Waals surface area contributed by atoms with Crippen LogP contribution in [0.4, 0.5) is 0 Å². The molecular weight excluding hydrogens is 230 g/mol. The van der Waals surface area contributed by atoms with E-state index >= 15 is 0 Å². The summed E-state index contributed by atoms with van der Waals surface area (Å²) in [6.45, 7) is 9.25. The summed E-state index contributed by atoms with van der Waals surface area (Å²) in [4.78, 5) is 0. The van der Waals surface area contributed by atoms with Gasteiger partial charge in [-0.25, -0.2) is 0 Å². The molecule has 2 heteroatoms. The lowest BCUT2D eigenvalue weighted by Crippen LogP contribution is -2.17. The summed E-state index contributed by atoms with van der Waals surface area (Å²) in [6, 6.07) is 9.02. The van der Waals surface area contributed by atoms with E-state index in [-0.39, 0.29) is 0 Å². The molecule has 16 heavy (non-hydrogen) atoms. The molecule has 0 nitrogen and oxygen atoms in total. The average Bonchev–Trinajstić information content (AvgIpc) is 2.24. The van der Waals surface area contributed by atoms with Gasteiger partial charge in [-0.3, -0.25) is 0 Å². The minimum Gasteiger partial charge on any atom is -0.0895 e. The van der Waals surface area contributed by atoms with Crippen molar-refractivity contribution in [1.29, 1.82) is 0 Å². The highest BCUT2D eigenvalue weighted by Gasteiger charge is 2.04. The van der Waals surface area contributed by atoms with Gasteiger partial charge in [0, 0.05) is 0 Å². The van der Waals surface area contributed by atoms with E-state index in [0.717, 1.165) is 29.0 Å². The molecule has 1 aromatic rings. The smallest absolute Gasteiger partial charge is 0.0197 e. The van der Waals surface area contributed by atoms with E-state index in [1.807, 2.05) is 0 Å². The molecule has 0 N–H and O–H groups in total. The molecule has 0 aliphatic carbocycles. The maximum absolute atomic E-state index is 2.32. The zero-order chi connectivity index (χ0) is 12.0. The van der Waals surface area contributed by atoms with Gasteiger partial charge in [0.25, 0.3) is 0 Å². The summed E-state index contributed by atoms with van der Waals surface area (Å²) in [5, 5.41) is 3.21. The number of hydrogen-bond acceptors (Lipinski definition) is 0. The van der Waals surface area contributed by atoms with Crippen LogP contribution in [0.15, 0.2) is 24.3 Å². The summed E-state index contributed by atoms with van der Waals surface area (Å²) in [5.41, 5.74) is 0. The quantitative estimate of drug-likeness (QED) is 0.680. The van der Waals surface area contributed by atoms with Crippen LogP contribution in [0.2, 0.25) is 0 Å². The third-order valence-corrected chi connectivity index (χ3v) is 6.25. The molecule has 0 saturated carbocycles. The van der Waals surface area contributed by atoms with E-state index in [1.54, 1.807) is 10.6 Å². The van der Waals surface area contributed by atoms with Gasteiger partial charge >= 0.3 is 0 Å². The molecule has 0 fully saturated rings. The average molecular weight is 254 g/mol. The molecule has 1 aromatic carbocycles. The van der Waals surface area contributed by atoms with Crippen LogP contribution in [-0.2, 0) is 0 Å². The highest BCUT2D eigenvalue weighted by atomic mass is 31.1. The molecule has 90 valence electrons. The van der Waals surface area contributed by atoms with Crippen molar-refractivity contribution in [2.24, 2.45) is 11.8 Å². The molecule has 0 aliphatic heterocycles. The van der Waals surface area contributed by atoms with Crippen LogP contribution in [0, 0.1) is 11.8 Å². The molecule has 2 unspecified atom stereocenters. The summed E-state index contributed by atoms with van der Waals surface area (Å²) >= 11 is 0. The molecule has 0 aromatic heterocycles. The highest BCUT2D eigenvalue weighted by molar-refractivity contribution is 7.54.